The highest BCUT2D eigenvalue weighted by Crippen LogP contribution is 2.27. The van der Waals surface area contributed by atoms with Gasteiger partial charge in [-0.2, -0.15) is 0 Å². The summed E-state index contributed by atoms with van der Waals surface area (Å²) in [6.45, 7) is 4.54. The third kappa shape index (κ3) is 3.67. The van der Waals surface area contributed by atoms with Crippen molar-refractivity contribution in [2.45, 2.75) is 45.7 Å². The Balaban J connectivity index is 1.64. The van der Waals surface area contributed by atoms with Gasteiger partial charge in [-0.15, -0.1) is 5.10 Å². The first-order chi connectivity index (χ1) is 11.7. The molecule has 1 aliphatic rings. The minimum absolute atomic E-state index is 0.0989. The lowest BCUT2D eigenvalue weighted by molar-refractivity contribution is 0.0923. The third-order valence-corrected chi connectivity index (χ3v) is 4.45. The number of carbonyl (C=O) groups is 1. The Hall–Kier alpha value is -2.57. The van der Waals surface area contributed by atoms with Gasteiger partial charge in [-0.3, -0.25) is 9.48 Å². The number of rotatable bonds is 5. The predicted octanol–water partition coefficient (Wildman–Crippen LogP) is 2.01. The van der Waals surface area contributed by atoms with E-state index in [-0.39, 0.29) is 11.9 Å². The zero-order valence-electron chi connectivity index (χ0n) is 14.0. The van der Waals surface area contributed by atoms with Gasteiger partial charge in [-0.1, -0.05) is 17.7 Å². The van der Waals surface area contributed by atoms with Gasteiger partial charge >= 0.3 is 0 Å². The maximum Gasteiger partial charge on any atom is 0.254 e. The molecule has 2 atom stereocenters. The van der Waals surface area contributed by atoms with Gasteiger partial charge in [-0.05, 0) is 38.7 Å². The van der Waals surface area contributed by atoms with Crippen molar-refractivity contribution in [2.75, 3.05) is 0 Å². The average molecular weight is 326 g/mol. The molecule has 24 heavy (non-hydrogen) atoms. The largest absolute Gasteiger partial charge is 0.349 e. The second-order valence-electron chi connectivity index (χ2n) is 6.16. The van der Waals surface area contributed by atoms with E-state index in [4.69, 9.17) is 0 Å². The van der Waals surface area contributed by atoms with Crippen molar-refractivity contribution in [3.63, 3.8) is 0 Å². The quantitative estimate of drug-likeness (QED) is 0.908. The van der Waals surface area contributed by atoms with E-state index in [1.165, 1.54) is 6.33 Å². The second-order valence-corrected chi connectivity index (χ2v) is 6.16. The lowest BCUT2D eigenvalue weighted by Crippen LogP contribution is -2.39. The van der Waals surface area contributed by atoms with Gasteiger partial charge in [0, 0.05) is 18.8 Å². The summed E-state index contributed by atoms with van der Waals surface area (Å²) in [6.07, 6.45) is 12.0. The highest BCUT2D eigenvalue weighted by Gasteiger charge is 2.29. The molecule has 1 fully saturated rings. The topological polar surface area (TPSA) is 85.6 Å². The van der Waals surface area contributed by atoms with Crippen molar-refractivity contribution in [3.05, 3.63) is 41.7 Å². The lowest BCUT2D eigenvalue weighted by atomic mass is 10.0. The molecule has 3 rings (SSSR count). The second kappa shape index (κ2) is 7.33. The molecule has 1 N–H and O–H groups in total. The van der Waals surface area contributed by atoms with E-state index in [9.17, 15) is 4.79 Å². The number of hydrogen-bond acceptors (Lipinski definition) is 5. The summed E-state index contributed by atoms with van der Waals surface area (Å²) >= 11 is 0. The van der Waals surface area contributed by atoms with Gasteiger partial charge in [0.1, 0.15) is 12.0 Å². The van der Waals surface area contributed by atoms with Crippen LogP contribution in [0.15, 0.2) is 24.8 Å². The van der Waals surface area contributed by atoms with Crippen molar-refractivity contribution in [1.82, 2.24) is 30.3 Å². The van der Waals surface area contributed by atoms with Crippen molar-refractivity contribution in [3.8, 4) is 0 Å². The summed E-state index contributed by atoms with van der Waals surface area (Å²) in [5.74, 6) is 0.261. The zero-order chi connectivity index (χ0) is 16.9. The fraction of sp³-hybridized carbons (Fsp3) is 0.471. The van der Waals surface area contributed by atoms with Crippen LogP contribution in [-0.2, 0) is 6.54 Å². The number of allylic oxidation sites excluding steroid dienone is 1. The van der Waals surface area contributed by atoms with Crippen LogP contribution in [0.4, 0.5) is 0 Å². The first kappa shape index (κ1) is 16.3. The summed E-state index contributed by atoms with van der Waals surface area (Å²) in [6, 6.07) is 0.145. The van der Waals surface area contributed by atoms with E-state index in [1.54, 1.807) is 6.20 Å². The Morgan fingerprint density at radius 2 is 2.33 bits per heavy atom. The Labute approximate surface area is 141 Å². The fourth-order valence-electron chi connectivity index (χ4n) is 3.20. The third-order valence-electron chi connectivity index (χ3n) is 4.45. The maximum atomic E-state index is 12.5. The van der Waals surface area contributed by atoms with Gasteiger partial charge in [0.05, 0.1) is 17.5 Å². The molecule has 0 aromatic carbocycles. The smallest absolute Gasteiger partial charge is 0.254 e. The molecule has 1 aliphatic carbocycles. The van der Waals surface area contributed by atoms with Crippen molar-refractivity contribution in [1.29, 1.82) is 0 Å². The summed E-state index contributed by atoms with van der Waals surface area (Å²) in [4.78, 5) is 20.5. The predicted molar refractivity (Wildman–Crippen MR) is 90.1 cm³/mol. The molecular weight excluding hydrogens is 304 g/mol. The summed E-state index contributed by atoms with van der Waals surface area (Å²) in [5.41, 5.74) is 2.09. The van der Waals surface area contributed by atoms with Crippen molar-refractivity contribution < 1.29 is 4.79 Å². The van der Waals surface area contributed by atoms with Crippen LogP contribution >= 0.6 is 0 Å². The number of hydrogen-bond donors (Lipinski definition) is 1. The molecule has 2 heterocycles. The summed E-state index contributed by atoms with van der Waals surface area (Å²) in [5, 5.41) is 11.4. The maximum absolute atomic E-state index is 12.5. The minimum Gasteiger partial charge on any atom is -0.349 e. The molecule has 0 spiro atoms. The number of aryl methyl sites for hydroxylation is 1. The highest BCUT2D eigenvalue weighted by atomic mass is 16.1. The van der Waals surface area contributed by atoms with Crippen molar-refractivity contribution in [2.24, 2.45) is 5.92 Å². The Kier molecular flexibility index (Phi) is 4.98. The SMILES string of the molecule is C/C=C/c1cn(C[C@@H]2CCC[C@@H]2NC(=O)c2cncnc2C)nn1. The molecule has 126 valence electrons. The van der Waals surface area contributed by atoms with Crippen LogP contribution in [-0.4, -0.2) is 36.9 Å². The normalized spacial score (nSPS) is 20.6. The number of nitrogens with zero attached hydrogens (tertiary/aromatic N) is 5. The fourth-order valence-corrected chi connectivity index (χ4v) is 3.20. The molecule has 0 radical (unpaired) electrons. The van der Waals surface area contributed by atoms with Gasteiger partial charge in [0.2, 0.25) is 0 Å². The molecule has 7 heteroatoms. The number of amides is 1. The summed E-state index contributed by atoms with van der Waals surface area (Å²) < 4.78 is 1.86. The molecule has 7 nitrogen and oxygen atoms in total. The van der Waals surface area contributed by atoms with E-state index < -0.39 is 0 Å². The molecular formula is C17H22N6O. The lowest BCUT2D eigenvalue weighted by Gasteiger charge is -2.21. The molecule has 2 aromatic rings. The van der Waals surface area contributed by atoms with Crippen molar-refractivity contribution >= 4 is 12.0 Å². The van der Waals surface area contributed by atoms with E-state index in [0.29, 0.717) is 17.2 Å². The molecule has 1 amide bonds. The van der Waals surface area contributed by atoms with Gasteiger partial charge in [-0.25, -0.2) is 9.97 Å². The molecule has 0 saturated heterocycles. The van der Waals surface area contributed by atoms with Gasteiger partial charge in [0.15, 0.2) is 0 Å². The van der Waals surface area contributed by atoms with E-state index >= 15 is 0 Å². The molecule has 0 unspecified atom stereocenters. The standard InChI is InChI=1S/C17H22N6O/c1-3-5-14-10-23(22-21-14)9-13-6-4-7-16(13)20-17(24)15-8-18-11-19-12(15)2/h3,5,8,10-11,13,16H,4,6-7,9H2,1-2H3,(H,20,24)/b5-3+/t13-,16-/m0/s1. The van der Waals surface area contributed by atoms with E-state index in [2.05, 4.69) is 25.6 Å². The number of carbonyl (C=O) groups excluding carboxylic acids is 1. The minimum atomic E-state index is -0.0989. The summed E-state index contributed by atoms with van der Waals surface area (Å²) in [7, 11) is 0. The average Bonchev–Trinajstić information content (AvgIpc) is 3.18. The Morgan fingerprint density at radius 3 is 3.12 bits per heavy atom. The zero-order valence-corrected chi connectivity index (χ0v) is 14.0. The monoisotopic (exact) mass is 326 g/mol. The van der Waals surface area contributed by atoms with Crippen LogP contribution in [0.2, 0.25) is 0 Å². The van der Waals surface area contributed by atoms with Gasteiger partial charge in [0.25, 0.3) is 5.91 Å². The van der Waals surface area contributed by atoms with Crippen LogP contribution in [0.25, 0.3) is 6.08 Å². The molecule has 1 saturated carbocycles. The molecule has 0 aliphatic heterocycles. The Morgan fingerprint density at radius 1 is 1.46 bits per heavy atom. The molecule has 2 aromatic heterocycles. The first-order valence-electron chi connectivity index (χ1n) is 8.27. The van der Waals surface area contributed by atoms with Crippen LogP contribution in [0, 0.1) is 12.8 Å². The van der Waals surface area contributed by atoms with Gasteiger partial charge < -0.3 is 5.32 Å². The highest BCUT2D eigenvalue weighted by molar-refractivity contribution is 5.95. The van der Waals surface area contributed by atoms with Crippen LogP contribution in [0.5, 0.6) is 0 Å². The Bertz CT molecular complexity index is 738. The van der Waals surface area contributed by atoms with E-state index in [1.807, 2.05) is 36.9 Å². The number of nitrogens with one attached hydrogen (secondary N) is 1. The first-order valence-corrected chi connectivity index (χ1v) is 8.27. The number of aromatic nitrogens is 5. The van der Waals surface area contributed by atoms with Crippen LogP contribution in [0.1, 0.15) is 47.9 Å². The van der Waals surface area contributed by atoms with Crippen LogP contribution in [0.3, 0.4) is 0 Å². The van der Waals surface area contributed by atoms with Crippen LogP contribution < -0.4 is 5.32 Å². The molecule has 0 bridgehead atoms. The van der Waals surface area contributed by atoms with E-state index in [0.717, 1.165) is 31.5 Å².